The van der Waals surface area contributed by atoms with E-state index in [-0.39, 0.29) is 18.4 Å². The lowest BCUT2D eigenvalue weighted by molar-refractivity contribution is -0.129. The number of carbonyl (C=O) groups excluding carboxylic acids is 2. The number of aryl methyl sites for hydroxylation is 1. The Bertz CT molecular complexity index is 622. The van der Waals surface area contributed by atoms with E-state index in [1.807, 2.05) is 24.4 Å². The van der Waals surface area contributed by atoms with Gasteiger partial charge >= 0.3 is 0 Å². The zero-order chi connectivity index (χ0) is 15.2. The van der Waals surface area contributed by atoms with Gasteiger partial charge in [0, 0.05) is 17.5 Å². The number of likely N-dealkylation sites (N-methyl/N-ethyl adjacent to an activating group) is 1. The minimum atomic E-state index is -0.232. The summed E-state index contributed by atoms with van der Waals surface area (Å²) in [6, 6.07) is 10.9. The molecule has 0 aliphatic rings. The molecule has 1 heterocycles. The fourth-order valence-corrected chi connectivity index (χ4v) is 2.81. The first-order valence-electron chi connectivity index (χ1n) is 6.68. The highest BCUT2D eigenvalue weighted by molar-refractivity contribution is 7.10. The zero-order valence-corrected chi connectivity index (χ0v) is 12.9. The van der Waals surface area contributed by atoms with Crippen LogP contribution in [0.25, 0.3) is 0 Å². The molecular weight excluding hydrogens is 284 g/mol. The van der Waals surface area contributed by atoms with E-state index in [0.717, 1.165) is 0 Å². The molecule has 0 saturated carbocycles. The highest BCUT2D eigenvalue weighted by Gasteiger charge is 2.13. The lowest BCUT2D eigenvalue weighted by Gasteiger charge is -2.17. The standard InChI is InChI=1S/C16H18N2O2S/c1-12-8-9-21-14(12)11-18(2)15(19)10-17-16(20)13-6-4-3-5-7-13/h3-9H,10-11H2,1-2H3,(H,17,20). The van der Waals surface area contributed by atoms with E-state index in [1.165, 1.54) is 10.4 Å². The summed E-state index contributed by atoms with van der Waals surface area (Å²) in [5.74, 6) is -0.336. The van der Waals surface area contributed by atoms with Gasteiger partial charge in [-0.15, -0.1) is 11.3 Å². The number of rotatable bonds is 5. The zero-order valence-electron chi connectivity index (χ0n) is 12.1. The van der Waals surface area contributed by atoms with Gasteiger partial charge in [0.15, 0.2) is 0 Å². The second-order valence-electron chi connectivity index (χ2n) is 4.83. The molecule has 1 aromatic carbocycles. The van der Waals surface area contributed by atoms with Crippen LogP contribution in [0.2, 0.25) is 0 Å². The van der Waals surface area contributed by atoms with E-state index in [2.05, 4.69) is 5.32 Å². The van der Waals surface area contributed by atoms with Crippen LogP contribution in [0.5, 0.6) is 0 Å². The Hall–Kier alpha value is -2.14. The highest BCUT2D eigenvalue weighted by Crippen LogP contribution is 2.17. The number of benzene rings is 1. The number of amides is 2. The van der Waals surface area contributed by atoms with Crippen molar-refractivity contribution in [3.05, 3.63) is 57.8 Å². The molecular formula is C16H18N2O2S. The van der Waals surface area contributed by atoms with Gasteiger partial charge in [0.05, 0.1) is 13.1 Å². The Kier molecular flexibility index (Phi) is 5.11. The third kappa shape index (κ3) is 4.16. The van der Waals surface area contributed by atoms with Gasteiger partial charge in [0.2, 0.25) is 5.91 Å². The Morgan fingerprint density at radius 1 is 1.19 bits per heavy atom. The first-order chi connectivity index (χ1) is 10.1. The quantitative estimate of drug-likeness (QED) is 0.922. The van der Waals surface area contributed by atoms with Gasteiger partial charge in [-0.3, -0.25) is 9.59 Å². The van der Waals surface area contributed by atoms with Crippen LogP contribution in [-0.2, 0) is 11.3 Å². The maximum absolute atomic E-state index is 12.0. The molecule has 110 valence electrons. The van der Waals surface area contributed by atoms with E-state index in [4.69, 9.17) is 0 Å². The molecule has 2 rings (SSSR count). The number of thiophene rings is 1. The minimum Gasteiger partial charge on any atom is -0.343 e. The maximum Gasteiger partial charge on any atom is 0.251 e. The molecule has 4 nitrogen and oxygen atoms in total. The van der Waals surface area contributed by atoms with E-state index < -0.39 is 0 Å². The molecule has 0 radical (unpaired) electrons. The van der Waals surface area contributed by atoms with Crippen molar-refractivity contribution in [2.45, 2.75) is 13.5 Å². The molecule has 0 unspecified atom stereocenters. The van der Waals surface area contributed by atoms with Crippen LogP contribution in [0.15, 0.2) is 41.8 Å². The second kappa shape index (κ2) is 7.04. The van der Waals surface area contributed by atoms with Crippen molar-refractivity contribution in [1.82, 2.24) is 10.2 Å². The monoisotopic (exact) mass is 302 g/mol. The summed E-state index contributed by atoms with van der Waals surface area (Å²) in [7, 11) is 1.75. The van der Waals surface area contributed by atoms with Crippen molar-refractivity contribution in [2.24, 2.45) is 0 Å². The fraction of sp³-hybridized carbons (Fsp3) is 0.250. The van der Waals surface area contributed by atoms with E-state index in [0.29, 0.717) is 12.1 Å². The molecule has 1 aromatic heterocycles. The minimum absolute atomic E-state index is 0.00858. The van der Waals surface area contributed by atoms with Crippen LogP contribution in [0.3, 0.4) is 0 Å². The van der Waals surface area contributed by atoms with Gasteiger partial charge in [-0.2, -0.15) is 0 Å². The lowest BCUT2D eigenvalue weighted by Crippen LogP contribution is -2.37. The summed E-state index contributed by atoms with van der Waals surface area (Å²) in [6.45, 7) is 2.61. The van der Waals surface area contributed by atoms with Crippen LogP contribution in [0, 0.1) is 6.92 Å². The fourth-order valence-electron chi connectivity index (χ4n) is 1.85. The van der Waals surface area contributed by atoms with Crippen molar-refractivity contribution in [3.63, 3.8) is 0 Å². The number of hydrogen-bond donors (Lipinski definition) is 1. The van der Waals surface area contributed by atoms with Crippen LogP contribution in [0.1, 0.15) is 20.8 Å². The van der Waals surface area contributed by atoms with E-state index in [1.54, 1.807) is 47.5 Å². The van der Waals surface area contributed by atoms with Crippen molar-refractivity contribution >= 4 is 23.2 Å². The number of nitrogens with zero attached hydrogens (tertiary/aromatic N) is 1. The van der Waals surface area contributed by atoms with Crippen molar-refractivity contribution < 1.29 is 9.59 Å². The molecule has 0 aliphatic carbocycles. The summed E-state index contributed by atoms with van der Waals surface area (Å²) in [4.78, 5) is 26.7. The summed E-state index contributed by atoms with van der Waals surface area (Å²) in [6.07, 6.45) is 0. The third-order valence-corrected chi connectivity index (χ3v) is 4.22. The largest absolute Gasteiger partial charge is 0.343 e. The first-order valence-corrected chi connectivity index (χ1v) is 7.56. The van der Waals surface area contributed by atoms with Gasteiger partial charge in [-0.1, -0.05) is 18.2 Å². The average molecular weight is 302 g/mol. The Morgan fingerprint density at radius 3 is 2.52 bits per heavy atom. The molecule has 0 bridgehead atoms. The summed E-state index contributed by atoms with van der Waals surface area (Å²) >= 11 is 1.64. The SMILES string of the molecule is Cc1ccsc1CN(C)C(=O)CNC(=O)c1ccccc1. The first kappa shape index (κ1) is 15.3. The molecule has 1 N–H and O–H groups in total. The van der Waals surface area contributed by atoms with Gasteiger partial charge < -0.3 is 10.2 Å². The summed E-state index contributed by atoms with van der Waals surface area (Å²) in [5.41, 5.74) is 1.75. The average Bonchev–Trinajstić information content (AvgIpc) is 2.90. The second-order valence-corrected chi connectivity index (χ2v) is 5.83. The van der Waals surface area contributed by atoms with E-state index in [9.17, 15) is 9.59 Å². The topological polar surface area (TPSA) is 49.4 Å². The van der Waals surface area contributed by atoms with Gasteiger partial charge in [-0.05, 0) is 36.1 Å². The molecule has 0 atom stereocenters. The smallest absolute Gasteiger partial charge is 0.251 e. The van der Waals surface area contributed by atoms with Crippen LogP contribution in [-0.4, -0.2) is 30.3 Å². The predicted molar refractivity (Wildman–Crippen MR) is 84.3 cm³/mol. The van der Waals surface area contributed by atoms with Crippen molar-refractivity contribution in [1.29, 1.82) is 0 Å². The summed E-state index contributed by atoms with van der Waals surface area (Å²) < 4.78 is 0. The molecule has 0 saturated heterocycles. The lowest BCUT2D eigenvalue weighted by atomic mass is 10.2. The Labute approximate surface area is 128 Å². The number of carbonyl (C=O) groups is 2. The predicted octanol–water partition coefficient (Wildman–Crippen LogP) is 2.44. The van der Waals surface area contributed by atoms with Crippen molar-refractivity contribution in [3.8, 4) is 0 Å². The molecule has 0 aliphatic heterocycles. The third-order valence-electron chi connectivity index (χ3n) is 3.21. The molecule has 2 amide bonds. The van der Waals surface area contributed by atoms with Crippen molar-refractivity contribution in [2.75, 3.05) is 13.6 Å². The Morgan fingerprint density at radius 2 is 1.90 bits per heavy atom. The summed E-state index contributed by atoms with van der Waals surface area (Å²) in [5, 5.41) is 4.66. The van der Waals surface area contributed by atoms with Crippen LogP contribution in [0.4, 0.5) is 0 Å². The van der Waals surface area contributed by atoms with Gasteiger partial charge in [-0.25, -0.2) is 0 Å². The van der Waals surface area contributed by atoms with E-state index >= 15 is 0 Å². The molecule has 0 spiro atoms. The van der Waals surface area contributed by atoms with Crippen LogP contribution >= 0.6 is 11.3 Å². The molecule has 5 heteroatoms. The number of hydrogen-bond acceptors (Lipinski definition) is 3. The molecule has 0 fully saturated rings. The van der Waals surface area contributed by atoms with Gasteiger partial charge in [0.1, 0.15) is 0 Å². The maximum atomic E-state index is 12.0. The molecule has 21 heavy (non-hydrogen) atoms. The molecule has 2 aromatic rings. The normalized spacial score (nSPS) is 10.2. The highest BCUT2D eigenvalue weighted by atomic mass is 32.1. The Balaban J connectivity index is 1.84. The number of nitrogens with one attached hydrogen (secondary N) is 1. The van der Waals surface area contributed by atoms with Crippen LogP contribution < -0.4 is 5.32 Å². The van der Waals surface area contributed by atoms with Gasteiger partial charge in [0.25, 0.3) is 5.91 Å².